The van der Waals surface area contributed by atoms with E-state index in [1.165, 1.54) is 11.1 Å². The van der Waals surface area contributed by atoms with Crippen LogP contribution in [-0.4, -0.2) is 11.1 Å². The van der Waals surface area contributed by atoms with Gasteiger partial charge in [-0.2, -0.15) is 0 Å². The topological polar surface area (TPSA) is 34.0 Å². The lowest BCUT2D eigenvalue weighted by Crippen LogP contribution is -2.25. The predicted molar refractivity (Wildman–Crippen MR) is 78.3 cm³/mol. The van der Waals surface area contributed by atoms with Gasteiger partial charge in [0.1, 0.15) is 0 Å². The molecule has 1 unspecified atom stereocenters. The van der Waals surface area contributed by atoms with Crippen LogP contribution in [-0.2, 0) is 6.54 Å². The van der Waals surface area contributed by atoms with Gasteiger partial charge < -0.3 is 9.88 Å². The summed E-state index contributed by atoms with van der Waals surface area (Å²) in [7, 11) is 0. The van der Waals surface area contributed by atoms with Crippen molar-refractivity contribution in [3.05, 3.63) is 70.1 Å². The van der Waals surface area contributed by atoms with Crippen LogP contribution in [0.1, 0.15) is 24.1 Å². The first-order chi connectivity index (χ1) is 9.19. The third-order valence-corrected chi connectivity index (χ3v) is 3.18. The molecule has 1 heterocycles. The molecule has 0 aliphatic rings. The maximum absolute atomic E-state index is 11.1. The molecule has 2 rings (SSSR count). The van der Waals surface area contributed by atoms with E-state index in [1.807, 2.05) is 17.0 Å². The molecule has 1 aromatic carbocycles. The summed E-state index contributed by atoms with van der Waals surface area (Å²) in [6, 6.07) is 12.0. The van der Waals surface area contributed by atoms with Gasteiger partial charge in [-0.05, 0) is 19.0 Å². The predicted octanol–water partition coefficient (Wildman–Crippen LogP) is 2.51. The fourth-order valence-electron chi connectivity index (χ4n) is 2.11. The van der Waals surface area contributed by atoms with Crippen LogP contribution in [0, 0.1) is 6.92 Å². The van der Waals surface area contributed by atoms with E-state index in [1.54, 1.807) is 12.1 Å². The van der Waals surface area contributed by atoms with Crippen LogP contribution >= 0.6 is 0 Å². The van der Waals surface area contributed by atoms with Gasteiger partial charge in [-0.15, -0.1) is 0 Å². The summed E-state index contributed by atoms with van der Waals surface area (Å²) in [5.41, 5.74) is 2.58. The molecule has 0 radical (unpaired) electrons. The van der Waals surface area contributed by atoms with Crippen LogP contribution in [0.2, 0.25) is 0 Å². The summed E-state index contributed by atoms with van der Waals surface area (Å²) in [6.45, 7) is 5.93. The number of likely N-dealkylation sites (N-methyl/N-ethyl adjacent to an activating group) is 1. The Balaban J connectivity index is 2.18. The molecule has 3 nitrogen and oxygen atoms in total. The molecule has 0 saturated heterocycles. The SMILES string of the molecule is CCNC(Cn1ccc(=O)cc1)c1ccc(C)cc1. The molecule has 3 heteroatoms. The van der Waals surface area contributed by atoms with Gasteiger partial charge in [0.2, 0.25) is 0 Å². The van der Waals surface area contributed by atoms with E-state index in [-0.39, 0.29) is 11.5 Å². The van der Waals surface area contributed by atoms with Crippen LogP contribution in [0.25, 0.3) is 0 Å². The van der Waals surface area contributed by atoms with Crippen molar-refractivity contribution in [2.45, 2.75) is 26.4 Å². The first-order valence-corrected chi connectivity index (χ1v) is 6.65. The van der Waals surface area contributed by atoms with Crippen molar-refractivity contribution in [3.8, 4) is 0 Å². The molecule has 1 N–H and O–H groups in total. The molecule has 0 saturated carbocycles. The second-order valence-electron chi connectivity index (χ2n) is 4.75. The molecule has 0 spiro atoms. The zero-order valence-corrected chi connectivity index (χ0v) is 11.5. The average molecular weight is 256 g/mol. The largest absolute Gasteiger partial charge is 0.352 e. The maximum Gasteiger partial charge on any atom is 0.181 e. The monoisotopic (exact) mass is 256 g/mol. The molecular weight excluding hydrogens is 236 g/mol. The van der Waals surface area contributed by atoms with Crippen molar-refractivity contribution in [2.75, 3.05) is 6.54 Å². The Labute approximate surface area is 113 Å². The molecule has 0 aliphatic carbocycles. The highest BCUT2D eigenvalue weighted by Crippen LogP contribution is 2.15. The van der Waals surface area contributed by atoms with Crippen molar-refractivity contribution in [3.63, 3.8) is 0 Å². The second kappa shape index (κ2) is 6.34. The fraction of sp³-hybridized carbons (Fsp3) is 0.312. The average Bonchev–Trinajstić information content (AvgIpc) is 2.42. The molecule has 0 bridgehead atoms. The lowest BCUT2D eigenvalue weighted by molar-refractivity contribution is 0.473. The van der Waals surface area contributed by atoms with Crippen molar-refractivity contribution >= 4 is 0 Å². The number of aryl methyl sites for hydroxylation is 1. The normalized spacial score (nSPS) is 12.3. The Morgan fingerprint density at radius 3 is 2.32 bits per heavy atom. The van der Waals surface area contributed by atoms with E-state index in [4.69, 9.17) is 0 Å². The summed E-state index contributed by atoms with van der Waals surface area (Å²) < 4.78 is 2.04. The number of nitrogens with one attached hydrogen (secondary N) is 1. The van der Waals surface area contributed by atoms with E-state index in [0.717, 1.165) is 13.1 Å². The fourth-order valence-corrected chi connectivity index (χ4v) is 2.11. The highest BCUT2D eigenvalue weighted by atomic mass is 16.1. The van der Waals surface area contributed by atoms with E-state index in [2.05, 4.69) is 43.4 Å². The smallest absolute Gasteiger partial charge is 0.181 e. The van der Waals surface area contributed by atoms with Gasteiger partial charge in [-0.3, -0.25) is 4.79 Å². The van der Waals surface area contributed by atoms with Crippen LogP contribution in [0.3, 0.4) is 0 Å². The number of hydrogen-bond acceptors (Lipinski definition) is 2. The number of hydrogen-bond donors (Lipinski definition) is 1. The van der Waals surface area contributed by atoms with Crippen molar-refractivity contribution in [2.24, 2.45) is 0 Å². The number of rotatable bonds is 5. The van der Waals surface area contributed by atoms with Crippen LogP contribution < -0.4 is 10.7 Å². The molecule has 2 aromatic rings. The highest BCUT2D eigenvalue weighted by Gasteiger charge is 2.10. The second-order valence-corrected chi connectivity index (χ2v) is 4.75. The lowest BCUT2D eigenvalue weighted by atomic mass is 10.0. The molecule has 1 aromatic heterocycles. The Bertz CT molecular complexity index is 552. The first-order valence-electron chi connectivity index (χ1n) is 6.65. The quantitative estimate of drug-likeness (QED) is 0.892. The van der Waals surface area contributed by atoms with E-state index >= 15 is 0 Å². The summed E-state index contributed by atoms with van der Waals surface area (Å²) in [6.07, 6.45) is 3.67. The minimum absolute atomic E-state index is 0.0478. The third-order valence-electron chi connectivity index (χ3n) is 3.18. The number of aromatic nitrogens is 1. The Morgan fingerprint density at radius 1 is 1.11 bits per heavy atom. The number of nitrogens with zero attached hydrogens (tertiary/aromatic N) is 1. The standard InChI is InChI=1S/C16H20N2O/c1-3-17-16(14-6-4-13(2)5-7-14)12-18-10-8-15(19)9-11-18/h4-11,16-17H,3,12H2,1-2H3. The molecule has 19 heavy (non-hydrogen) atoms. The van der Waals surface area contributed by atoms with E-state index < -0.39 is 0 Å². The van der Waals surface area contributed by atoms with Crippen molar-refractivity contribution < 1.29 is 0 Å². The third kappa shape index (κ3) is 3.80. The summed E-state index contributed by atoms with van der Waals surface area (Å²) in [5, 5.41) is 3.48. The Kier molecular flexibility index (Phi) is 4.53. The summed E-state index contributed by atoms with van der Waals surface area (Å²) in [5.74, 6) is 0. The number of pyridine rings is 1. The Hall–Kier alpha value is -1.87. The minimum atomic E-state index is 0.0478. The van der Waals surface area contributed by atoms with Gasteiger partial charge in [0.05, 0.1) is 6.04 Å². The maximum atomic E-state index is 11.1. The summed E-state index contributed by atoms with van der Waals surface area (Å²) in [4.78, 5) is 11.1. The van der Waals surface area contributed by atoms with Gasteiger partial charge >= 0.3 is 0 Å². The van der Waals surface area contributed by atoms with Crippen molar-refractivity contribution in [1.29, 1.82) is 0 Å². The van der Waals surface area contributed by atoms with Gasteiger partial charge in [0.15, 0.2) is 5.43 Å². The van der Waals surface area contributed by atoms with Gasteiger partial charge in [-0.1, -0.05) is 36.8 Å². The van der Waals surface area contributed by atoms with Gasteiger partial charge in [-0.25, -0.2) is 0 Å². The zero-order valence-electron chi connectivity index (χ0n) is 11.5. The van der Waals surface area contributed by atoms with Crippen LogP contribution in [0.15, 0.2) is 53.6 Å². The van der Waals surface area contributed by atoms with Crippen LogP contribution in [0.4, 0.5) is 0 Å². The molecule has 1 atom stereocenters. The number of benzene rings is 1. The van der Waals surface area contributed by atoms with Crippen molar-refractivity contribution in [1.82, 2.24) is 9.88 Å². The lowest BCUT2D eigenvalue weighted by Gasteiger charge is -2.20. The first kappa shape index (κ1) is 13.6. The molecule has 0 aliphatic heterocycles. The minimum Gasteiger partial charge on any atom is -0.352 e. The molecular formula is C16H20N2O. The molecule has 0 amide bonds. The molecule has 100 valence electrons. The molecule has 0 fully saturated rings. The van der Waals surface area contributed by atoms with Crippen LogP contribution in [0.5, 0.6) is 0 Å². The van der Waals surface area contributed by atoms with Gasteiger partial charge in [0, 0.05) is 31.1 Å². The zero-order chi connectivity index (χ0) is 13.7. The highest BCUT2D eigenvalue weighted by molar-refractivity contribution is 5.24. The Morgan fingerprint density at radius 2 is 1.74 bits per heavy atom. The van der Waals surface area contributed by atoms with E-state index in [9.17, 15) is 4.79 Å². The van der Waals surface area contributed by atoms with Gasteiger partial charge in [0.25, 0.3) is 0 Å². The van der Waals surface area contributed by atoms with E-state index in [0.29, 0.717) is 0 Å². The summed E-state index contributed by atoms with van der Waals surface area (Å²) >= 11 is 0.